The van der Waals surface area contributed by atoms with Gasteiger partial charge in [-0.15, -0.1) is 0 Å². The molecule has 2 N–H and O–H groups in total. The Morgan fingerprint density at radius 1 is 1.47 bits per heavy atom. The van der Waals surface area contributed by atoms with E-state index < -0.39 is 11.9 Å². The van der Waals surface area contributed by atoms with Crippen molar-refractivity contribution in [1.82, 2.24) is 10.1 Å². The molecule has 5 nitrogen and oxygen atoms in total. The molecule has 0 bridgehead atoms. The summed E-state index contributed by atoms with van der Waals surface area (Å²) in [7, 11) is 0. The van der Waals surface area contributed by atoms with Crippen molar-refractivity contribution in [2.24, 2.45) is 5.73 Å². The van der Waals surface area contributed by atoms with Crippen LogP contribution in [0.2, 0.25) is 0 Å². The van der Waals surface area contributed by atoms with E-state index >= 15 is 0 Å². The molecule has 6 heteroatoms. The third-order valence-electron chi connectivity index (χ3n) is 2.63. The lowest BCUT2D eigenvalue weighted by atomic mass is 10.1. The molecular formula is C13H16FN3O2. The van der Waals surface area contributed by atoms with E-state index in [2.05, 4.69) is 10.1 Å². The number of hydrogen-bond acceptors (Lipinski definition) is 5. The molecule has 1 aromatic carbocycles. The summed E-state index contributed by atoms with van der Waals surface area (Å²) in [5.41, 5.74) is 6.93. The fourth-order valence-electron chi connectivity index (χ4n) is 1.61. The Morgan fingerprint density at radius 3 is 2.95 bits per heavy atom. The predicted molar refractivity (Wildman–Crippen MR) is 67.9 cm³/mol. The van der Waals surface area contributed by atoms with Gasteiger partial charge in [-0.05, 0) is 31.5 Å². The van der Waals surface area contributed by atoms with Crippen LogP contribution in [0.25, 0.3) is 11.5 Å². The summed E-state index contributed by atoms with van der Waals surface area (Å²) in [4.78, 5) is 4.10. The third-order valence-corrected chi connectivity index (χ3v) is 2.63. The first-order valence-electron chi connectivity index (χ1n) is 6.05. The second-order valence-electron chi connectivity index (χ2n) is 4.21. The van der Waals surface area contributed by atoms with Crippen LogP contribution in [-0.2, 0) is 4.74 Å². The molecule has 0 fully saturated rings. The minimum Gasteiger partial charge on any atom is -0.380 e. The van der Waals surface area contributed by atoms with E-state index in [1.165, 1.54) is 6.07 Å². The van der Waals surface area contributed by atoms with Gasteiger partial charge < -0.3 is 15.0 Å². The molecule has 1 heterocycles. The predicted octanol–water partition coefficient (Wildman–Crippen LogP) is 2.22. The maximum absolute atomic E-state index is 13.8. The number of nitrogens with zero attached hydrogens (tertiary/aromatic N) is 2. The van der Waals surface area contributed by atoms with Gasteiger partial charge in [-0.1, -0.05) is 11.2 Å². The minimum absolute atomic E-state index is 0.124. The highest BCUT2D eigenvalue weighted by Crippen LogP contribution is 2.22. The monoisotopic (exact) mass is 265 g/mol. The van der Waals surface area contributed by atoms with Gasteiger partial charge in [0.1, 0.15) is 5.82 Å². The van der Waals surface area contributed by atoms with Crippen molar-refractivity contribution in [3.8, 4) is 11.5 Å². The first-order valence-corrected chi connectivity index (χ1v) is 6.05. The zero-order valence-corrected chi connectivity index (χ0v) is 10.9. The summed E-state index contributed by atoms with van der Waals surface area (Å²) in [5, 5.41) is 3.75. The van der Waals surface area contributed by atoms with E-state index in [9.17, 15) is 4.39 Å². The fraction of sp³-hybridized carbons (Fsp3) is 0.385. The standard InChI is InChI=1S/C13H16FN3O2/c1-3-18-7-11(15)12-16-13(19-17-12)9-5-4-8(2)6-10(9)14/h4-6,11H,3,7,15H2,1-2H3. The van der Waals surface area contributed by atoms with E-state index in [0.29, 0.717) is 19.0 Å². The Balaban J connectivity index is 2.20. The van der Waals surface area contributed by atoms with Crippen molar-refractivity contribution < 1.29 is 13.7 Å². The molecule has 1 aromatic heterocycles. The quantitative estimate of drug-likeness (QED) is 0.897. The average molecular weight is 265 g/mol. The number of nitrogens with two attached hydrogens (primary N) is 1. The molecule has 0 spiro atoms. The van der Waals surface area contributed by atoms with E-state index in [1.54, 1.807) is 12.1 Å². The topological polar surface area (TPSA) is 74.2 Å². The highest BCUT2D eigenvalue weighted by Gasteiger charge is 2.17. The maximum atomic E-state index is 13.8. The van der Waals surface area contributed by atoms with Gasteiger partial charge in [0.05, 0.1) is 18.2 Å². The van der Waals surface area contributed by atoms with Gasteiger partial charge in [-0.3, -0.25) is 0 Å². The lowest BCUT2D eigenvalue weighted by Gasteiger charge is -2.05. The van der Waals surface area contributed by atoms with Gasteiger partial charge >= 0.3 is 0 Å². The third kappa shape index (κ3) is 3.15. The van der Waals surface area contributed by atoms with Crippen molar-refractivity contribution in [2.75, 3.05) is 13.2 Å². The van der Waals surface area contributed by atoms with Crippen LogP contribution in [-0.4, -0.2) is 23.4 Å². The Hall–Kier alpha value is -1.79. The van der Waals surface area contributed by atoms with Gasteiger partial charge in [0.25, 0.3) is 5.89 Å². The Labute approximate surface area is 110 Å². The fourth-order valence-corrected chi connectivity index (χ4v) is 1.61. The van der Waals surface area contributed by atoms with Crippen molar-refractivity contribution >= 4 is 0 Å². The summed E-state index contributed by atoms with van der Waals surface area (Å²) in [6, 6.07) is 4.32. The molecule has 2 rings (SSSR count). The molecule has 1 atom stereocenters. The van der Waals surface area contributed by atoms with Crippen molar-refractivity contribution in [3.05, 3.63) is 35.4 Å². The summed E-state index contributed by atoms with van der Waals surface area (Å²) in [5.74, 6) is 0.0384. The number of aryl methyl sites for hydroxylation is 1. The summed E-state index contributed by atoms with van der Waals surface area (Å²) >= 11 is 0. The lowest BCUT2D eigenvalue weighted by Crippen LogP contribution is -2.18. The van der Waals surface area contributed by atoms with Gasteiger partial charge in [-0.25, -0.2) is 4.39 Å². The molecular weight excluding hydrogens is 249 g/mol. The van der Waals surface area contributed by atoms with Crippen molar-refractivity contribution in [2.45, 2.75) is 19.9 Å². The summed E-state index contributed by atoms with van der Waals surface area (Å²) in [6.45, 7) is 4.54. The molecule has 0 aliphatic carbocycles. The molecule has 1 unspecified atom stereocenters. The number of ether oxygens (including phenoxy) is 1. The Kier molecular flexibility index (Phi) is 4.24. The average Bonchev–Trinajstić information content (AvgIpc) is 2.85. The second-order valence-corrected chi connectivity index (χ2v) is 4.21. The van der Waals surface area contributed by atoms with Gasteiger partial charge in [0.15, 0.2) is 5.82 Å². The zero-order chi connectivity index (χ0) is 13.8. The second kappa shape index (κ2) is 5.90. The summed E-state index contributed by atoms with van der Waals surface area (Å²) < 4.78 is 24.0. The van der Waals surface area contributed by atoms with Gasteiger partial charge in [-0.2, -0.15) is 4.98 Å². The SMILES string of the molecule is CCOCC(N)c1noc(-c2ccc(C)cc2F)n1. The molecule has 2 aromatic rings. The zero-order valence-electron chi connectivity index (χ0n) is 10.9. The highest BCUT2D eigenvalue weighted by molar-refractivity contribution is 5.54. The molecule has 0 aliphatic heterocycles. The molecule has 0 saturated carbocycles. The first kappa shape index (κ1) is 13.6. The number of halogens is 1. The van der Waals surface area contributed by atoms with Crippen LogP contribution in [0, 0.1) is 12.7 Å². The van der Waals surface area contributed by atoms with Crippen LogP contribution in [0.15, 0.2) is 22.7 Å². The van der Waals surface area contributed by atoms with Crippen molar-refractivity contribution in [3.63, 3.8) is 0 Å². The van der Waals surface area contributed by atoms with E-state index in [4.69, 9.17) is 15.0 Å². The van der Waals surface area contributed by atoms with Gasteiger partial charge in [0, 0.05) is 6.61 Å². The normalized spacial score (nSPS) is 12.6. The molecule has 0 aliphatic rings. The Bertz CT molecular complexity index is 557. The highest BCUT2D eigenvalue weighted by atomic mass is 19.1. The Morgan fingerprint density at radius 2 is 2.26 bits per heavy atom. The minimum atomic E-state index is -0.481. The number of benzene rings is 1. The number of aromatic nitrogens is 2. The maximum Gasteiger partial charge on any atom is 0.260 e. The van der Waals surface area contributed by atoms with E-state index in [1.807, 2.05) is 13.8 Å². The van der Waals surface area contributed by atoms with Crippen LogP contribution in [0.5, 0.6) is 0 Å². The van der Waals surface area contributed by atoms with E-state index in [-0.39, 0.29) is 11.5 Å². The lowest BCUT2D eigenvalue weighted by molar-refractivity contribution is 0.130. The van der Waals surface area contributed by atoms with E-state index in [0.717, 1.165) is 5.56 Å². The number of hydrogen-bond donors (Lipinski definition) is 1. The smallest absolute Gasteiger partial charge is 0.260 e. The van der Waals surface area contributed by atoms with Crippen LogP contribution in [0.3, 0.4) is 0 Å². The van der Waals surface area contributed by atoms with Crippen molar-refractivity contribution in [1.29, 1.82) is 0 Å². The van der Waals surface area contributed by atoms with Crippen LogP contribution < -0.4 is 5.73 Å². The van der Waals surface area contributed by atoms with Crippen LogP contribution >= 0.6 is 0 Å². The molecule has 0 amide bonds. The van der Waals surface area contributed by atoms with Crippen LogP contribution in [0.4, 0.5) is 4.39 Å². The molecule has 19 heavy (non-hydrogen) atoms. The summed E-state index contributed by atoms with van der Waals surface area (Å²) in [6.07, 6.45) is 0. The largest absolute Gasteiger partial charge is 0.380 e. The first-order chi connectivity index (χ1) is 9.11. The molecule has 0 saturated heterocycles. The molecule has 102 valence electrons. The molecule has 0 radical (unpaired) electrons. The number of rotatable bonds is 5. The van der Waals surface area contributed by atoms with Crippen LogP contribution in [0.1, 0.15) is 24.4 Å². The van der Waals surface area contributed by atoms with Gasteiger partial charge in [0.2, 0.25) is 0 Å².